The lowest BCUT2D eigenvalue weighted by Gasteiger charge is -2.22. The Bertz CT molecular complexity index is 147. The van der Waals surface area contributed by atoms with Gasteiger partial charge < -0.3 is 20.9 Å². The van der Waals surface area contributed by atoms with Gasteiger partial charge in [0.25, 0.3) is 0 Å². The average Bonchev–Trinajstić information content (AvgIpc) is 2.25. The Balaban J connectivity index is 2.21. The molecule has 1 saturated heterocycles. The Morgan fingerprint density at radius 2 is 1.62 bits per heavy atom. The van der Waals surface area contributed by atoms with Gasteiger partial charge in [-0.3, -0.25) is 0 Å². The number of hydrogen-bond donors (Lipinski definition) is 3. The van der Waals surface area contributed by atoms with E-state index in [9.17, 15) is 0 Å². The molecule has 0 aromatic heterocycles. The van der Waals surface area contributed by atoms with Crippen molar-refractivity contribution in [2.75, 3.05) is 59.4 Å². The summed E-state index contributed by atoms with van der Waals surface area (Å²) in [6.07, 6.45) is 1.22. The Labute approximate surface area is 100 Å². The van der Waals surface area contributed by atoms with Crippen LogP contribution < -0.4 is 16.0 Å². The van der Waals surface area contributed by atoms with E-state index in [4.69, 9.17) is 0 Å². The molecule has 0 aromatic rings. The summed E-state index contributed by atoms with van der Waals surface area (Å²) in [4.78, 5) is 2.42. The van der Waals surface area contributed by atoms with Crippen molar-refractivity contribution in [3.05, 3.63) is 0 Å². The third-order valence-electron chi connectivity index (χ3n) is 2.97. The van der Waals surface area contributed by atoms with Crippen molar-refractivity contribution >= 4 is 0 Å². The van der Waals surface area contributed by atoms with Gasteiger partial charge in [-0.15, -0.1) is 0 Å². The minimum atomic E-state index is 0.730. The van der Waals surface area contributed by atoms with E-state index in [1.54, 1.807) is 0 Å². The zero-order valence-corrected chi connectivity index (χ0v) is 10.9. The predicted octanol–water partition coefficient (Wildman–Crippen LogP) is -0.273. The highest BCUT2D eigenvalue weighted by Gasteiger charge is 2.06. The molecule has 0 aromatic carbocycles. The van der Waals surface area contributed by atoms with Crippen LogP contribution in [0.15, 0.2) is 0 Å². The lowest BCUT2D eigenvalue weighted by Crippen LogP contribution is -2.38. The smallest absolute Gasteiger partial charge is 0.0104 e. The molecule has 16 heavy (non-hydrogen) atoms. The lowest BCUT2D eigenvalue weighted by molar-refractivity contribution is 0.279. The second-order valence-corrected chi connectivity index (χ2v) is 4.93. The van der Waals surface area contributed by atoms with Crippen molar-refractivity contribution in [2.24, 2.45) is 5.92 Å². The number of likely N-dealkylation sites (N-methyl/N-ethyl adjacent to an activating group) is 1. The van der Waals surface area contributed by atoms with Gasteiger partial charge in [0.2, 0.25) is 0 Å². The van der Waals surface area contributed by atoms with Crippen molar-refractivity contribution in [3.8, 4) is 0 Å². The van der Waals surface area contributed by atoms with Crippen molar-refractivity contribution in [2.45, 2.75) is 13.3 Å². The van der Waals surface area contributed by atoms with Gasteiger partial charge in [0.1, 0.15) is 0 Å². The number of nitrogens with zero attached hydrogens (tertiary/aromatic N) is 1. The normalized spacial score (nSPS) is 28.5. The Morgan fingerprint density at radius 3 is 2.44 bits per heavy atom. The number of nitrogens with one attached hydrogen (secondary N) is 3. The molecule has 0 radical (unpaired) electrons. The van der Waals surface area contributed by atoms with Crippen LogP contribution in [0.3, 0.4) is 0 Å². The Morgan fingerprint density at radius 1 is 0.938 bits per heavy atom. The van der Waals surface area contributed by atoms with Gasteiger partial charge in [0, 0.05) is 32.7 Å². The van der Waals surface area contributed by atoms with Gasteiger partial charge in [-0.25, -0.2) is 0 Å². The molecule has 1 fully saturated rings. The van der Waals surface area contributed by atoms with Crippen molar-refractivity contribution in [1.29, 1.82) is 0 Å². The first-order valence-electron chi connectivity index (χ1n) is 6.59. The molecule has 3 N–H and O–H groups in total. The molecule has 4 nitrogen and oxygen atoms in total. The van der Waals surface area contributed by atoms with E-state index < -0.39 is 0 Å². The van der Waals surface area contributed by atoms with Gasteiger partial charge >= 0.3 is 0 Å². The Kier molecular flexibility index (Phi) is 7.76. The fraction of sp³-hybridized carbons (Fsp3) is 1.00. The fourth-order valence-electron chi connectivity index (χ4n) is 2.07. The molecule has 0 spiro atoms. The standard InChI is InChI=1S/C12H28N4/c1-12-10-15-7-6-13-4-3-5-14-8-9-16(2)11-12/h12-15H,3-11H2,1-2H3. The second kappa shape index (κ2) is 8.93. The van der Waals surface area contributed by atoms with E-state index in [0.29, 0.717) is 0 Å². The van der Waals surface area contributed by atoms with Crippen LogP contribution in [0.25, 0.3) is 0 Å². The summed E-state index contributed by atoms with van der Waals surface area (Å²) in [5, 5.41) is 10.4. The molecule has 0 saturated carbocycles. The topological polar surface area (TPSA) is 39.3 Å². The van der Waals surface area contributed by atoms with E-state index in [1.807, 2.05) is 0 Å². The summed E-state index contributed by atoms with van der Waals surface area (Å²) in [7, 11) is 2.21. The summed E-state index contributed by atoms with van der Waals surface area (Å²) in [5.74, 6) is 0.730. The summed E-state index contributed by atoms with van der Waals surface area (Å²) in [6, 6.07) is 0. The fourth-order valence-corrected chi connectivity index (χ4v) is 2.07. The first-order chi connectivity index (χ1) is 7.79. The molecule has 1 aliphatic heterocycles. The summed E-state index contributed by atoms with van der Waals surface area (Å²) in [6.45, 7) is 11.3. The minimum absolute atomic E-state index is 0.730. The summed E-state index contributed by atoms with van der Waals surface area (Å²) in [5.41, 5.74) is 0. The highest BCUT2D eigenvalue weighted by atomic mass is 15.1. The van der Waals surface area contributed by atoms with Gasteiger partial charge in [0.15, 0.2) is 0 Å². The highest BCUT2D eigenvalue weighted by molar-refractivity contribution is 4.65. The molecule has 0 amide bonds. The molecule has 1 atom stereocenters. The summed E-state index contributed by atoms with van der Waals surface area (Å²) < 4.78 is 0. The van der Waals surface area contributed by atoms with Crippen LogP contribution in [0.1, 0.15) is 13.3 Å². The van der Waals surface area contributed by atoms with E-state index in [2.05, 4.69) is 34.8 Å². The zero-order chi connectivity index (χ0) is 11.6. The van der Waals surface area contributed by atoms with Crippen LogP contribution in [0.5, 0.6) is 0 Å². The molecule has 1 rings (SSSR count). The molecule has 0 bridgehead atoms. The maximum absolute atomic E-state index is 3.50. The van der Waals surface area contributed by atoms with Crippen LogP contribution in [-0.2, 0) is 0 Å². The molecular formula is C12H28N4. The largest absolute Gasteiger partial charge is 0.315 e. The van der Waals surface area contributed by atoms with Crippen molar-refractivity contribution in [3.63, 3.8) is 0 Å². The zero-order valence-electron chi connectivity index (χ0n) is 10.9. The van der Waals surface area contributed by atoms with Crippen LogP contribution >= 0.6 is 0 Å². The van der Waals surface area contributed by atoms with Crippen molar-refractivity contribution < 1.29 is 0 Å². The molecular weight excluding hydrogens is 200 g/mol. The molecule has 1 aliphatic rings. The van der Waals surface area contributed by atoms with Crippen molar-refractivity contribution in [1.82, 2.24) is 20.9 Å². The van der Waals surface area contributed by atoms with Gasteiger partial charge in [-0.2, -0.15) is 0 Å². The molecule has 1 unspecified atom stereocenters. The molecule has 0 aliphatic carbocycles. The van der Waals surface area contributed by atoms with E-state index >= 15 is 0 Å². The number of hydrogen-bond acceptors (Lipinski definition) is 4. The van der Waals surface area contributed by atoms with Crippen LogP contribution in [0, 0.1) is 5.92 Å². The van der Waals surface area contributed by atoms with Crippen LogP contribution in [0.2, 0.25) is 0 Å². The second-order valence-electron chi connectivity index (χ2n) is 4.93. The minimum Gasteiger partial charge on any atom is -0.315 e. The SMILES string of the molecule is CC1CNCCNCCCNCCN(C)C1. The van der Waals surface area contributed by atoms with E-state index in [-0.39, 0.29) is 0 Å². The van der Waals surface area contributed by atoms with Gasteiger partial charge in [0.05, 0.1) is 0 Å². The summed E-state index contributed by atoms with van der Waals surface area (Å²) >= 11 is 0. The maximum atomic E-state index is 3.50. The molecule has 1 heterocycles. The molecule has 4 heteroatoms. The van der Waals surface area contributed by atoms with Crippen LogP contribution in [-0.4, -0.2) is 64.3 Å². The quantitative estimate of drug-likeness (QED) is 0.534. The third-order valence-corrected chi connectivity index (χ3v) is 2.97. The van der Waals surface area contributed by atoms with Gasteiger partial charge in [-0.05, 0) is 39.0 Å². The first-order valence-corrected chi connectivity index (χ1v) is 6.59. The monoisotopic (exact) mass is 228 g/mol. The maximum Gasteiger partial charge on any atom is 0.0104 e. The average molecular weight is 228 g/mol. The highest BCUT2D eigenvalue weighted by Crippen LogP contribution is 1.95. The third kappa shape index (κ3) is 7.17. The van der Waals surface area contributed by atoms with Gasteiger partial charge in [-0.1, -0.05) is 6.92 Å². The Hall–Kier alpha value is -0.160. The lowest BCUT2D eigenvalue weighted by atomic mass is 10.1. The predicted molar refractivity (Wildman–Crippen MR) is 69.9 cm³/mol. The first kappa shape index (κ1) is 13.9. The van der Waals surface area contributed by atoms with Crippen LogP contribution in [0.4, 0.5) is 0 Å². The van der Waals surface area contributed by atoms with E-state index in [1.165, 1.54) is 13.0 Å². The molecule has 96 valence electrons. The number of rotatable bonds is 0. The van der Waals surface area contributed by atoms with E-state index in [0.717, 1.165) is 51.7 Å².